The summed E-state index contributed by atoms with van der Waals surface area (Å²) in [4.78, 5) is 23.8. The molecule has 1 rings (SSSR count). The molecule has 0 saturated heterocycles. The van der Waals surface area contributed by atoms with Gasteiger partial charge in [-0.1, -0.05) is 6.07 Å². The average molecular weight is 282 g/mol. The number of thiol groups is 1. The largest absolute Gasteiger partial charge is 0.383 e. The molecule has 0 aliphatic carbocycles. The molecule has 2 N–H and O–H groups in total. The minimum absolute atomic E-state index is 0.111. The van der Waals surface area contributed by atoms with E-state index in [-0.39, 0.29) is 18.2 Å². The van der Waals surface area contributed by atoms with E-state index < -0.39 is 0 Å². The van der Waals surface area contributed by atoms with E-state index in [9.17, 15) is 9.59 Å². The van der Waals surface area contributed by atoms with Gasteiger partial charge in [0.15, 0.2) is 0 Å². The topological polar surface area (TPSA) is 67.4 Å². The summed E-state index contributed by atoms with van der Waals surface area (Å²) in [7, 11) is 1.57. The summed E-state index contributed by atoms with van der Waals surface area (Å²) < 4.78 is 4.81. The number of amides is 2. The summed E-state index contributed by atoms with van der Waals surface area (Å²) in [6.45, 7) is 1.26. The number of hydrogen-bond donors (Lipinski definition) is 3. The third kappa shape index (κ3) is 6.26. The first-order chi connectivity index (χ1) is 9.13. The normalized spacial score (nSPS) is 10.0. The first-order valence-corrected chi connectivity index (χ1v) is 6.41. The third-order valence-electron chi connectivity index (χ3n) is 2.37. The molecule has 5 nitrogen and oxygen atoms in total. The second kappa shape index (κ2) is 8.55. The van der Waals surface area contributed by atoms with E-state index in [1.807, 2.05) is 0 Å². The van der Waals surface area contributed by atoms with E-state index in [1.54, 1.807) is 31.4 Å². The molecule has 0 heterocycles. The van der Waals surface area contributed by atoms with Crippen LogP contribution in [0.3, 0.4) is 0 Å². The highest BCUT2D eigenvalue weighted by atomic mass is 32.1. The van der Waals surface area contributed by atoms with Gasteiger partial charge in [0.05, 0.1) is 6.61 Å². The van der Waals surface area contributed by atoms with Crippen LogP contribution in [0.25, 0.3) is 0 Å². The molecule has 1 aromatic rings. The van der Waals surface area contributed by atoms with Gasteiger partial charge in [-0.2, -0.15) is 0 Å². The number of hydrogen-bond acceptors (Lipinski definition) is 4. The lowest BCUT2D eigenvalue weighted by Crippen LogP contribution is -2.32. The minimum atomic E-state index is -0.208. The summed E-state index contributed by atoms with van der Waals surface area (Å²) in [5, 5.41) is 5.36. The van der Waals surface area contributed by atoms with Crippen LogP contribution in [0.1, 0.15) is 16.8 Å². The van der Waals surface area contributed by atoms with Gasteiger partial charge in [0.2, 0.25) is 5.91 Å². The van der Waals surface area contributed by atoms with Crippen molar-refractivity contribution in [3.05, 3.63) is 29.8 Å². The summed E-state index contributed by atoms with van der Waals surface area (Å²) in [5.74, 6) is -0.319. The quantitative estimate of drug-likeness (QED) is 0.513. The molecule has 2 amide bonds. The summed E-state index contributed by atoms with van der Waals surface area (Å²) in [5.41, 5.74) is 0.535. The van der Waals surface area contributed by atoms with Crippen LogP contribution in [0.2, 0.25) is 0 Å². The van der Waals surface area contributed by atoms with Crippen LogP contribution in [-0.2, 0) is 9.53 Å². The Labute approximate surface area is 118 Å². The predicted octanol–water partition coefficient (Wildman–Crippen LogP) is 0.858. The Morgan fingerprint density at radius 3 is 2.74 bits per heavy atom. The fraction of sp³-hybridized carbons (Fsp3) is 0.385. The number of benzene rings is 1. The molecule has 104 valence electrons. The average Bonchev–Trinajstić information content (AvgIpc) is 2.39. The van der Waals surface area contributed by atoms with Crippen LogP contribution < -0.4 is 10.6 Å². The molecule has 0 aromatic heterocycles. The van der Waals surface area contributed by atoms with E-state index >= 15 is 0 Å². The lowest BCUT2D eigenvalue weighted by atomic mass is 10.2. The van der Waals surface area contributed by atoms with Gasteiger partial charge in [-0.3, -0.25) is 9.59 Å². The number of methoxy groups -OCH3 is 1. The predicted molar refractivity (Wildman–Crippen MR) is 75.5 cm³/mol. The summed E-state index contributed by atoms with van der Waals surface area (Å²) in [6.07, 6.45) is 0.246. The molecule has 0 saturated carbocycles. The second-order valence-corrected chi connectivity index (χ2v) is 4.42. The highest BCUT2D eigenvalue weighted by molar-refractivity contribution is 7.80. The van der Waals surface area contributed by atoms with Gasteiger partial charge in [-0.15, -0.1) is 12.6 Å². The molecule has 0 spiro atoms. The molecular weight excluding hydrogens is 264 g/mol. The van der Waals surface area contributed by atoms with Crippen molar-refractivity contribution < 1.29 is 14.3 Å². The maximum Gasteiger partial charge on any atom is 0.251 e. The maximum absolute atomic E-state index is 11.7. The molecule has 0 unspecified atom stereocenters. The number of rotatable bonds is 7. The first-order valence-electron chi connectivity index (χ1n) is 5.96. The van der Waals surface area contributed by atoms with Crippen molar-refractivity contribution in [1.82, 2.24) is 10.6 Å². The Bertz CT molecular complexity index is 438. The SMILES string of the molecule is COCCNC(=O)CCNC(=O)c1cccc(S)c1. The zero-order chi connectivity index (χ0) is 14.1. The van der Waals surface area contributed by atoms with Gasteiger partial charge >= 0.3 is 0 Å². The molecule has 19 heavy (non-hydrogen) atoms. The van der Waals surface area contributed by atoms with Gasteiger partial charge < -0.3 is 15.4 Å². The molecular formula is C13H18N2O3S. The molecule has 0 fully saturated rings. The van der Waals surface area contributed by atoms with Crippen molar-refractivity contribution in [2.45, 2.75) is 11.3 Å². The van der Waals surface area contributed by atoms with E-state index in [2.05, 4.69) is 23.3 Å². The van der Waals surface area contributed by atoms with Gasteiger partial charge in [-0.05, 0) is 18.2 Å². The first kappa shape index (κ1) is 15.5. The van der Waals surface area contributed by atoms with Crippen LogP contribution in [0.15, 0.2) is 29.2 Å². The molecule has 0 aliphatic heterocycles. The Balaban J connectivity index is 2.25. The maximum atomic E-state index is 11.7. The molecule has 0 atom stereocenters. The number of ether oxygens (including phenoxy) is 1. The van der Waals surface area contributed by atoms with Crippen molar-refractivity contribution >= 4 is 24.4 Å². The molecule has 0 radical (unpaired) electrons. The van der Waals surface area contributed by atoms with Gasteiger partial charge in [0.1, 0.15) is 0 Å². The van der Waals surface area contributed by atoms with E-state index in [1.165, 1.54) is 0 Å². The zero-order valence-electron chi connectivity index (χ0n) is 10.8. The number of carbonyl (C=O) groups is 2. The van der Waals surface area contributed by atoms with E-state index in [0.717, 1.165) is 4.90 Å². The van der Waals surface area contributed by atoms with Crippen molar-refractivity contribution in [3.8, 4) is 0 Å². The van der Waals surface area contributed by atoms with Crippen LogP contribution >= 0.6 is 12.6 Å². The third-order valence-corrected chi connectivity index (χ3v) is 2.65. The second-order valence-electron chi connectivity index (χ2n) is 3.90. The van der Waals surface area contributed by atoms with Gasteiger partial charge in [0, 0.05) is 37.1 Å². The minimum Gasteiger partial charge on any atom is -0.383 e. The monoisotopic (exact) mass is 282 g/mol. The van der Waals surface area contributed by atoms with Crippen LogP contribution in [0, 0.1) is 0 Å². The van der Waals surface area contributed by atoms with Crippen molar-refractivity contribution in [3.63, 3.8) is 0 Å². The summed E-state index contributed by atoms with van der Waals surface area (Å²) >= 11 is 4.16. The Morgan fingerprint density at radius 2 is 2.05 bits per heavy atom. The smallest absolute Gasteiger partial charge is 0.251 e. The van der Waals surface area contributed by atoms with Crippen LogP contribution in [0.4, 0.5) is 0 Å². The highest BCUT2D eigenvalue weighted by Gasteiger charge is 2.06. The molecule has 0 aliphatic rings. The van der Waals surface area contributed by atoms with Crippen molar-refractivity contribution in [2.75, 3.05) is 26.8 Å². The lowest BCUT2D eigenvalue weighted by Gasteiger charge is -2.06. The van der Waals surface area contributed by atoms with Crippen molar-refractivity contribution in [1.29, 1.82) is 0 Å². The molecule has 6 heteroatoms. The Morgan fingerprint density at radius 1 is 1.26 bits per heavy atom. The van der Waals surface area contributed by atoms with E-state index in [4.69, 9.17) is 4.74 Å². The standard InChI is InChI=1S/C13H18N2O3S/c1-18-8-7-14-12(16)5-6-15-13(17)10-3-2-4-11(19)9-10/h2-4,9,19H,5-8H2,1H3,(H,14,16)(H,15,17). The Kier molecular flexibility index (Phi) is 6.99. The van der Waals surface area contributed by atoms with E-state index in [0.29, 0.717) is 25.3 Å². The number of nitrogens with one attached hydrogen (secondary N) is 2. The highest BCUT2D eigenvalue weighted by Crippen LogP contribution is 2.08. The lowest BCUT2D eigenvalue weighted by molar-refractivity contribution is -0.121. The van der Waals surface area contributed by atoms with Crippen LogP contribution in [0.5, 0.6) is 0 Å². The fourth-order valence-electron chi connectivity index (χ4n) is 1.42. The van der Waals surface area contributed by atoms with Crippen LogP contribution in [-0.4, -0.2) is 38.6 Å². The van der Waals surface area contributed by atoms with Gasteiger partial charge in [-0.25, -0.2) is 0 Å². The summed E-state index contributed by atoms with van der Waals surface area (Å²) in [6, 6.07) is 6.93. The molecule has 1 aromatic carbocycles. The van der Waals surface area contributed by atoms with Crippen molar-refractivity contribution in [2.24, 2.45) is 0 Å². The fourth-order valence-corrected chi connectivity index (χ4v) is 1.64. The Hall–Kier alpha value is -1.53. The zero-order valence-corrected chi connectivity index (χ0v) is 11.7. The number of carbonyl (C=O) groups excluding carboxylic acids is 2. The van der Waals surface area contributed by atoms with Gasteiger partial charge in [0.25, 0.3) is 5.91 Å². The molecule has 0 bridgehead atoms.